The zero-order chi connectivity index (χ0) is 6.06. The van der Waals surface area contributed by atoms with E-state index in [4.69, 9.17) is 0 Å². The molecule has 9 heavy (non-hydrogen) atoms. The van der Waals surface area contributed by atoms with Crippen molar-refractivity contribution in [1.82, 2.24) is 0 Å². The van der Waals surface area contributed by atoms with Crippen molar-refractivity contribution in [3.05, 3.63) is 22.8 Å². The minimum absolute atomic E-state index is 0.678. The van der Waals surface area contributed by atoms with Crippen LogP contribution in [-0.2, 0) is 0 Å². The van der Waals surface area contributed by atoms with Crippen LogP contribution in [0.2, 0.25) is 0 Å². The lowest BCUT2D eigenvalue weighted by atomic mass is 9.53. The molecule has 1 atom stereocenters. The summed E-state index contributed by atoms with van der Waals surface area (Å²) in [5.74, 6) is 0. The van der Waals surface area contributed by atoms with Crippen molar-refractivity contribution in [3.63, 3.8) is 0 Å². The topological polar surface area (TPSA) is 0 Å². The van der Waals surface area contributed by atoms with Gasteiger partial charge in [0, 0.05) is 5.41 Å². The van der Waals surface area contributed by atoms with E-state index in [9.17, 15) is 0 Å². The summed E-state index contributed by atoms with van der Waals surface area (Å²) in [4.78, 5) is 0. The average Bonchev–Trinajstić information content (AvgIpc) is 1.90. The molecule has 0 aromatic rings. The number of allylic oxidation sites excluding steroid dienone is 4. The molecule has 46 valence electrons. The van der Waals surface area contributed by atoms with Gasteiger partial charge >= 0.3 is 0 Å². The molecule has 0 nitrogen and oxygen atoms in total. The molecular weight excluding hydrogens is 108 g/mol. The molecule has 0 heteroatoms. The van der Waals surface area contributed by atoms with Crippen LogP contribution in [-0.4, -0.2) is 0 Å². The van der Waals surface area contributed by atoms with E-state index in [2.05, 4.69) is 13.0 Å². The predicted octanol–water partition coefficient (Wildman–Crippen LogP) is 2.43. The van der Waals surface area contributed by atoms with Gasteiger partial charge in [-0.1, -0.05) is 18.6 Å². The highest BCUT2D eigenvalue weighted by Crippen LogP contribution is 2.66. The summed E-state index contributed by atoms with van der Waals surface area (Å²) < 4.78 is 0. The molecule has 0 aromatic heterocycles. The third-order valence-electron chi connectivity index (χ3n) is 3.06. The third-order valence-corrected chi connectivity index (χ3v) is 3.06. The summed E-state index contributed by atoms with van der Waals surface area (Å²) in [5, 5.41) is 0. The van der Waals surface area contributed by atoms with Crippen molar-refractivity contribution < 1.29 is 0 Å². The minimum atomic E-state index is 0.678. The fourth-order valence-electron chi connectivity index (χ4n) is 2.73. The highest BCUT2D eigenvalue weighted by atomic mass is 14.6. The molecule has 3 aliphatic carbocycles. The Labute approximate surface area is 55.3 Å². The maximum atomic E-state index is 2.42. The van der Waals surface area contributed by atoms with Crippen LogP contribution < -0.4 is 0 Å². The Morgan fingerprint density at radius 3 is 2.89 bits per heavy atom. The molecule has 3 rings (SSSR count). The van der Waals surface area contributed by atoms with Crippen molar-refractivity contribution in [2.45, 2.75) is 26.2 Å². The lowest BCUT2D eigenvalue weighted by Crippen LogP contribution is -2.38. The summed E-state index contributed by atoms with van der Waals surface area (Å²) in [6, 6.07) is 0. The first-order valence-corrected chi connectivity index (χ1v) is 3.71. The first kappa shape index (κ1) is 4.32. The van der Waals surface area contributed by atoms with E-state index in [1.54, 1.807) is 16.7 Å². The van der Waals surface area contributed by atoms with Gasteiger partial charge in [0.15, 0.2) is 0 Å². The van der Waals surface area contributed by atoms with Gasteiger partial charge < -0.3 is 0 Å². The molecule has 0 heterocycles. The van der Waals surface area contributed by atoms with Crippen molar-refractivity contribution >= 4 is 0 Å². The Balaban J connectivity index is 2.25. The van der Waals surface area contributed by atoms with Gasteiger partial charge in [-0.3, -0.25) is 0 Å². The average molecular weight is 118 g/mol. The van der Waals surface area contributed by atoms with Gasteiger partial charge in [0.1, 0.15) is 0 Å². The maximum absolute atomic E-state index is 2.42. The highest BCUT2D eigenvalue weighted by molar-refractivity contribution is 5.61. The van der Waals surface area contributed by atoms with Gasteiger partial charge in [0.25, 0.3) is 0 Å². The predicted molar refractivity (Wildman–Crippen MR) is 37.1 cm³/mol. The van der Waals surface area contributed by atoms with Gasteiger partial charge in [-0.2, -0.15) is 0 Å². The summed E-state index contributed by atoms with van der Waals surface area (Å²) in [6.45, 7) is 2.40. The molecule has 1 saturated carbocycles. The molecular formula is C9H10. The molecule has 0 saturated heterocycles. The lowest BCUT2D eigenvalue weighted by molar-refractivity contribution is 0.285. The van der Waals surface area contributed by atoms with Crippen LogP contribution >= 0.6 is 0 Å². The smallest absolute Gasteiger partial charge is 0.000477 e. The maximum Gasteiger partial charge on any atom is 0.000477 e. The number of rotatable bonds is 0. The first-order valence-electron chi connectivity index (χ1n) is 3.71. The lowest BCUT2D eigenvalue weighted by Gasteiger charge is -2.51. The van der Waals surface area contributed by atoms with Crippen molar-refractivity contribution in [1.29, 1.82) is 0 Å². The van der Waals surface area contributed by atoms with Gasteiger partial charge in [0.05, 0.1) is 0 Å². The first-order chi connectivity index (χ1) is 4.30. The quantitative estimate of drug-likeness (QED) is 0.458. The Hall–Kier alpha value is -0.520. The normalized spacial score (nSPS) is 43.4. The van der Waals surface area contributed by atoms with E-state index in [1.165, 1.54) is 19.3 Å². The molecule has 0 radical (unpaired) electrons. The molecule has 3 aliphatic rings. The van der Waals surface area contributed by atoms with Gasteiger partial charge in [-0.25, -0.2) is 0 Å². The van der Waals surface area contributed by atoms with Gasteiger partial charge in [-0.05, 0) is 30.4 Å². The van der Waals surface area contributed by atoms with Crippen LogP contribution in [0.15, 0.2) is 22.8 Å². The van der Waals surface area contributed by atoms with Crippen LogP contribution in [0.25, 0.3) is 0 Å². The number of hydrogen-bond donors (Lipinski definition) is 0. The Morgan fingerprint density at radius 2 is 2.33 bits per heavy atom. The molecule has 0 aliphatic heterocycles. The second kappa shape index (κ2) is 0.920. The molecule has 1 fully saturated rings. The molecule has 0 aromatic carbocycles. The van der Waals surface area contributed by atoms with Crippen LogP contribution in [0, 0.1) is 5.41 Å². The third kappa shape index (κ3) is 0.277. The Bertz CT molecular complexity index is 255. The van der Waals surface area contributed by atoms with E-state index >= 15 is 0 Å². The Kier molecular flexibility index (Phi) is 0.441. The monoisotopic (exact) mass is 118 g/mol. The molecule has 0 amide bonds. The second-order valence-corrected chi connectivity index (χ2v) is 3.83. The number of hydrogen-bond acceptors (Lipinski definition) is 0. The van der Waals surface area contributed by atoms with E-state index in [-0.39, 0.29) is 0 Å². The van der Waals surface area contributed by atoms with E-state index < -0.39 is 0 Å². The van der Waals surface area contributed by atoms with Crippen molar-refractivity contribution in [3.8, 4) is 0 Å². The van der Waals surface area contributed by atoms with E-state index in [1.807, 2.05) is 0 Å². The highest BCUT2D eigenvalue weighted by Gasteiger charge is 2.52. The molecule has 0 spiro atoms. The summed E-state index contributed by atoms with van der Waals surface area (Å²) in [5.41, 5.74) is 5.86. The SMILES string of the molecule is CC12CC3=CCC(=C31)C2. The van der Waals surface area contributed by atoms with Crippen LogP contribution in [0.4, 0.5) is 0 Å². The van der Waals surface area contributed by atoms with E-state index in [0.717, 1.165) is 0 Å². The Morgan fingerprint density at radius 1 is 1.44 bits per heavy atom. The van der Waals surface area contributed by atoms with Crippen molar-refractivity contribution in [2.75, 3.05) is 0 Å². The molecule has 0 N–H and O–H groups in total. The largest absolute Gasteiger partial charge is 0.0769 e. The fourth-order valence-corrected chi connectivity index (χ4v) is 2.73. The standard InChI is InChI=1S/C9H10/c1-9-4-6-2-3-7(5-9)8(6)9/h2H,3-5H2,1H3. The van der Waals surface area contributed by atoms with Gasteiger partial charge in [0.2, 0.25) is 0 Å². The molecule has 1 unspecified atom stereocenters. The van der Waals surface area contributed by atoms with Crippen molar-refractivity contribution in [2.24, 2.45) is 5.41 Å². The zero-order valence-corrected chi connectivity index (χ0v) is 5.70. The fraction of sp³-hybridized carbons (Fsp3) is 0.556. The van der Waals surface area contributed by atoms with Crippen LogP contribution in [0.1, 0.15) is 26.2 Å². The second-order valence-electron chi connectivity index (χ2n) is 3.83. The van der Waals surface area contributed by atoms with Crippen LogP contribution in [0.5, 0.6) is 0 Å². The minimum Gasteiger partial charge on any atom is -0.0769 e. The molecule has 0 bridgehead atoms. The van der Waals surface area contributed by atoms with Crippen LogP contribution in [0.3, 0.4) is 0 Å². The van der Waals surface area contributed by atoms with Gasteiger partial charge in [-0.15, -0.1) is 0 Å². The summed E-state index contributed by atoms with van der Waals surface area (Å²) >= 11 is 0. The summed E-state index contributed by atoms with van der Waals surface area (Å²) in [7, 11) is 0. The summed E-state index contributed by atoms with van der Waals surface area (Å²) in [6.07, 6.45) is 6.49. The van der Waals surface area contributed by atoms with E-state index in [0.29, 0.717) is 5.41 Å². The zero-order valence-electron chi connectivity index (χ0n) is 5.70.